The van der Waals surface area contributed by atoms with Crippen LogP contribution in [0.3, 0.4) is 0 Å². The van der Waals surface area contributed by atoms with E-state index in [0.29, 0.717) is 0 Å². The van der Waals surface area contributed by atoms with Gasteiger partial charge >= 0.3 is 0 Å². The van der Waals surface area contributed by atoms with Gasteiger partial charge in [0.05, 0.1) is 5.69 Å². The summed E-state index contributed by atoms with van der Waals surface area (Å²) in [6.45, 7) is 1.83. The average Bonchev–Trinajstić information content (AvgIpc) is 2.70. The van der Waals surface area contributed by atoms with E-state index < -0.39 is 5.60 Å². The number of aromatic nitrogens is 2. The van der Waals surface area contributed by atoms with Crippen LogP contribution in [0, 0.1) is 6.92 Å². The molecule has 11 heavy (non-hydrogen) atoms. The summed E-state index contributed by atoms with van der Waals surface area (Å²) >= 11 is 0. The smallest absolute Gasteiger partial charge is 0.125 e. The van der Waals surface area contributed by atoms with Crippen LogP contribution >= 0.6 is 0 Å². The van der Waals surface area contributed by atoms with Crippen molar-refractivity contribution in [1.29, 1.82) is 0 Å². The first kappa shape index (κ1) is 6.73. The Labute approximate surface area is 65.1 Å². The van der Waals surface area contributed by atoms with E-state index in [1.54, 1.807) is 12.3 Å². The lowest BCUT2D eigenvalue weighted by Crippen LogP contribution is -2.08. The van der Waals surface area contributed by atoms with E-state index in [4.69, 9.17) is 0 Å². The van der Waals surface area contributed by atoms with E-state index in [0.717, 1.165) is 24.4 Å². The maximum absolute atomic E-state index is 9.63. The summed E-state index contributed by atoms with van der Waals surface area (Å²) in [4.78, 5) is 8.10. The molecule has 0 spiro atoms. The van der Waals surface area contributed by atoms with E-state index >= 15 is 0 Å². The van der Waals surface area contributed by atoms with Crippen LogP contribution in [0.15, 0.2) is 12.3 Å². The van der Waals surface area contributed by atoms with Gasteiger partial charge in [-0.05, 0) is 25.8 Å². The summed E-state index contributed by atoms with van der Waals surface area (Å²) in [6, 6.07) is 1.78. The molecule has 1 aliphatic rings. The first-order valence-corrected chi connectivity index (χ1v) is 3.73. The van der Waals surface area contributed by atoms with Crippen molar-refractivity contribution >= 4 is 0 Å². The molecule has 0 aliphatic heterocycles. The zero-order valence-corrected chi connectivity index (χ0v) is 6.41. The summed E-state index contributed by atoms with van der Waals surface area (Å²) in [5.41, 5.74) is 0.151. The van der Waals surface area contributed by atoms with Crippen LogP contribution in [0.25, 0.3) is 0 Å². The quantitative estimate of drug-likeness (QED) is 0.643. The molecule has 1 aromatic heterocycles. The minimum Gasteiger partial charge on any atom is -0.384 e. The number of hydrogen-bond acceptors (Lipinski definition) is 3. The van der Waals surface area contributed by atoms with E-state index in [-0.39, 0.29) is 0 Å². The summed E-state index contributed by atoms with van der Waals surface area (Å²) < 4.78 is 0. The van der Waals surface area contributed by atoms with Gasteiger partial charge in [-0.25, -0.2) is 9.97 Å². The molecule has 1 N–H and O–H groups in total. The van der Waals surface area contributed by atoms with Crippen molar-refractivity contribution in [1.82, 2.24) is 9.97 Å². The highest BCUT2D eigenvalue weighted by molar-refractivity contribution is 5.18. The van der Waals surface area contributed by atoms with Gasteiger partial charge in [-0.2, -0.15) is 0 Å². The SMILES string of the molecule is Cc1nccc(C2(O)CC2)n1. The highest BCUT2D eigenvalue weighted by atomic mass is 16.3. The van der Waals surface area contributed by atoms with Crippen molar-refractivity contribution < 1.29 is 5.11 Å². The molecule has 1 aromatic rings. The third kappa shape index (κ3) is 1.12. The Morgan fingerprint density at radius 1 is 1.55 bits per heavy atom. The van der Waals surface area contributed by atoms with Gasteiger partial charge in [0.2, 0.25) is 0 Å². The van der Waals surface area contributed by atoms with Gasteiger partial charge in [0.1, 0.15) is 11.4 Å². The van der Waals surface area contributed by atoms with Crippen molar-refractivity contribution in [3.05, 3.63) is 23.8 Å². The fourth-order valence-corrected chi connectivity index (χ4v) is 1.09. The first-order valence-electron chi connectivity index (χ1n) is 3.73. The minimum atomic E-state index is -0.617. The van der Waals surface area contributed by atoms with Crippen LogP contribution in [0.2, 0.25) is 0 Å². The second-order valence-corrected chi connectivity index (χ2v) is 3.02. The first-order chi connectivity index (χ1) is 5.21. The highest BCUT2D eigenvalue weighted by Gasteiger charge is 2.43. The van der Waals surface area contributed by atoms with Crippen LogP contribution in [-0.4, -0.2) is 15.1 Å². The molecule has 1 heterocycles. The Hall–Kier alpha value is -0.960. The molecular formula is C8H10N2O. The normalized spacial score (nSPS) is 19.8. The fraction of sp³-hybridized carbons (Fsp3) is 0.500. The Morgan fingerprint density at radius 2 is 2.27 bits per heavy atom. The van der Waals surface area contributed by atoms with Crippen molar-refractivity contribution in [2.75, 3.05) is 0 Å². The third-order valence-electron chi connectivity index (χ3n) is 1.98. The molecule has 0 amide bonds. The fourth-order valence-electron chi connectivity index (χ4n) is 1.09. The number of hydrogen-bond donors (Lipinski definition) is 1. The van der Waals surface area contributed by atoms with Gasteiger partial charge in [0, 0.05) is 6.20 Å². The molecule has 2 rings (SSSR count). The van der Waals surface area contributed by atoms with Gasteiger partial charge in [-0.1, -0.05) is 0 Å². The van der Waals surface area contributed by atoms with Crippen molar-refractivity contribution in [3.63, 3.8) is 0 Å². The lowest BCUT2D eigenvalue weighted by molar-refractivity contribution is 0.146. The van der Waals surface area contributed by atoms with Crippen molar-refractivity contribution in [2.45, 2.75) is 25.4 Å². The second kappa shape index (κ2) is 2.01. The summed E-state index contributed by atoms with van der Waals surface area (Å²) in [5, 5.41) is 9.63. The minimum absolute atomic E-state index is 0.617. The summed E-state index contributed by atoms with van der Waals surface area (Å²) in [5.74, 6) is 0.725. The van der Waals surface area contributed by atoms with E-state index in [9.17, 15) is 5.11 Å². The lowest BCUT2D eigenvalue weighted by atomic mass is 10.2. The van der Waals surface area contributed by atoms with Crippen molar-refractivity contribution in [3.8, 4) is 0 Å². The second-order valence-electron chi connectivity index (χ2n) is 3.02. The molecule has 0 unspecified atom stereocenters. The van der Waals surface area contributed by atoms with Crippen molar-refractivity contribution in [2.24, 2.45) is 0 Å². The Bertz CT molecular complexity index is 281. The van der Waals surface area contributed by atoms with E-state index in [2.05, 4.69) is 9.97 Å². The standard InChI is InChI=1S/C8H10N2O/c1-6-9-5-2-7(10-6)8(11)3-4-8/h2,5,11H,3-4H2,1H3. The summed E-state index contributed by atoms with van der Waals surface area (Å²) in [7, 11) is 0. The number of aryl methyl sites for hydroxylation is 1. The van der Waals surface area contributed by atoms with Crippen LogP contribution in [0.1, 0.15) is 24.4 Å². The predicted molar refractivity (Wildman–Crippen MR) is 39.9 cm³/mol. The molecule has 1 fully saturated rings. The third-order valence-corrected chi connectivity index (χ3v) is 1.98. The van der Waals surface area contributed by atoms with E-state index in [1.807, 2.05) is 6.92 Å². The molecule has 58 valence electrons. The molecule has 0 bridgehead atoms. The van der Waals surface area contributed by atoms with Crippen LogP contribution < -0.4 is 0 Å². The maximum atomic E-state index is 9.63. The van der Waals surface area contributed by atoms with Gasteiger partial charge < -0.3 is 5.11 Å². The molecule has 3 nitrogen and oxygen atoms in total. The molecule has 0 atom stereocenters. The average molecular weight is 150 g/mol. The van der Waals surface area contributed by atoms with Crippen LogP contribution in [0.4, 0.5) is 0 Å². The van der Waals surface area contributed by atoms with Crippen LogP contribution in [0.5, 0.6) is 0 Å². The topological polar surface area (TPSA) is 46.0 Å². The number of rotatable bonds is 1. The van der Waals surface area contributed by atoms with Gasteiger partial charge in [0.25, 0.3) is 0 Å². The summed E-state index contributed by atoms with van der Waals surface area (Å²) in [6.07, 6.45) is 3.36. The Kier molecular flexibility index (Phi) is 1.23. The predicted octanol–water partition coefficient (Wildman–Crippen LogP) is 0.766. The molecular weight excluding hydrogens is 140 g/mol. The van der Waals surface area contributed by atoms with Crippen LogP contribution in [-0.2, 0) is 5.60 Å². The maximum Gasteiger partial charge on any atom is 0.125 e. The largest absolute Gasteiger partial charge is 0.384 e. The van der Waals surface area contributed by atoms with Gasteiger partial charge in [0.15, 0.2) is 0 Å². The highest BCUT2D eigenvalue weighted by Crippen LogP contribution is 2.43. The molecule has 1 aliphatic carbocycles. The monoisotopic (exact) mass is 150 g/mol. The molecule has 0 radical (unpaired) electrons. The molecule has 0 saturated heterocycles. The Balaban J connectivity index is 2.38. The van der Waals surface area contributed by atoms with Gasteiger partial charge in [-0.15, -0.1) is 0 Å². The Morgan fingerprint density at radius 3 is 2.82 bits per heavy atom. The number of aliphatic hydroxyl groups is 1. The zero-order valence-electron chi connectivity index (χ0n) is 6.41. The molecule has 0 aromatic carbocycles. The van der Waals surface area contributed by atoms with Gasteiger partial charge in [-0.3, -0.25) is 0 Å². The van der Waals surface area contributed by atoms with E-state index in [1.165, 1.54) is 0 Å². The molecule has 3 heteroatoms. The zero-order chi connectivity index (χ0) is 7.90. The lowest BCUT2D eigenvalue weighted by Gasteiger charge is -2.05. The number of nitrogens with zero attached hydrogens (tertiary/aromatic N) is 2. The molecule has 1 saturated carbocycles.